The maximum absolute atomic E-state index is 4.53. The van der Waals surface area contributed by atoms with E-state index in [0.717, 1.165) is 54.8 Å². The average Bonchev–Trinajstić information content (AvgIpc) is 3.39. The molecule has 0 bridgehead atoms. The van der Waals surface area contributed by atoms with Crippen molar-refractivity contribution in [1.29, 1.82) is 0 Å². The Bertz CT molecular complexity index is 889. The van der Waals surface area contributed by atoms with Crippen LogP contribution in [0.1, 0.15) is 30.1 Å². The summed E-state index contributed by atoms with van der Waals surface area (Å²) in [6.07, 6.45) is 4.33. The highest BCUT2D eigenvalue weighted by molar-refractivity contribution is 5.52. The Kier molecular flexibility index (Phi) is 3.33. The second-order valence-electron chi connectivity index (χ2n) is 6.92. The van der Waals surface area contributed by atoms with Gasteiger partial charge in [-0.25, -0.2) is 4.98 Å². The smallest absolute Gasteiger partial charge is 0.157 e. The van der Waals surface area contributed by atoms with Crippen LogP contribution in [0.25, 0.3) is 5.65 Å². The number of fused-ring (bicyclic) bond motifs is 1. The number of aromatic nitrogens is 5. The van der Waals surface area contributed by atoms with E-state index in [0.29, 0.717) is 5.92 Å². The van der Waals surface area contributed by atoms with Crippen LogP contribution in [0, 0.1) is 6.92 Å². The van der Waals surface area contributed by atoms with Gasteiger partial charge in [0.2, 0.25) is 0 Å². The van der Waals surface area contributed by atoms with E-state index in [1.807, 2.05) is 17.5 Å². The van der Waals surface area contributed by atoms with Crippen LogP contribution in [0.3, 0.4) is 0 Å². The zero-order valence-electron chi connectivity index (χ0n) is 14.3. The van der Waals surface area contributed by atoms with E-state index in [4.69, 9.17) is 0 Å². The zero-order chi connectivity index (χ0) is 16.8. The van der Waals surface area contributed by atoms with Crippen molar-refractivity contribution in [3.05, 3.63) is 41.9 Å². The molecule has 7 heteroatoms. The van der Waals surface area contributed by atoms with Crippen LogP contribution >= 0.6 is 0 Å². The minimum absolute atomic E-state index is 0.657. The molecule has 1 saturated carbocycles. The lowest BCUT2D eigenvalue weighted by atomic mass is 10.2. The van der Waals surface area contributed by atoms with Gasteiger partial charge in [0.15, 0.2) is 11.5 Å². The van der Waals surface area contributed by atoms with Gasteiger partial charge < -0.3 is 9.80 Å². The van der Waals surface area contributed by atoms with Crippen molar-refractivity contribution in [3.8, 4) is 0 Å². The van der Waals surface area contributed by atoms with Gasteiger partial charge in [0, 0.05) is 49.9 Å². The maximum atomic E-state index is 4.53. The first-order valence-electron chi connectivity index (χ1n) is 8.93. The van der Waals surface area contributed by atoms with Gasteiger partial charge in [-0.3, -0.25) is 0 Å². The number of nitrogens with zero attached hydrogens (tertiary/aromatic N) is 7. The Morgan fingerprint density at radius 2 is 1.76 bits per heavy atom. The van der Waals surface area contributed by atoms with Gasteiger partial charge in [-0.05, 0) is 31.9 Å². The lowest BCUT2D eigenvalue weighted by molar-refractivity contribution is 0.629. The molecular formula is C18H21N7. The second kappa shape index (κ2) is 5.68. The molecule has 0 N–H and O–H groups in total. The molecule has 1 saturated heterocycles. The third-order valence-electron chi connectivity index (χ3n) is 5.06. The van der Waals surface area contributed by atoms with Crippen molar-refractivity contribution in [1.82, 2.24) is 24.8 Å². The van der Waals surface area contributed by atoms with Crippen LogP contribution in [0.5, 0.6) is 0 Å². The normalized spacial score (nSPS) is 18.1. The van der Waals surface area contributed by atoms with Gasteiger partial charge in [-0.15, -0.1) is 5.10 Å². The van der Waals surface area contributed by atoms with E-state index in [-0.39, 0.29) is 0 Å². The van der Waals surface area contributed by atoms with E-state index >= 15 is 0 Å². The van der Waals surface area contributed by atoms with Crippen molar-refractivity contribution >= 4 is 17.3 Å². The summed E-state index contributed by atoms with van der Waals surface area (Å²) in [5, 5.41) is 13.3. The van der Waals surface area contributed by atoms with Gasteiger partial charge in [-0.1, -0.05) is 0 Å². The number of anilines is 2. The summed E-state index contributed by atoms with van der Waals surface area (Å²) < 4.78 is 1.92. The number of hydrogen-bond donors (Lipinski definition) is 0. The lowest BCUT2D eigenvalue weighted by Gasteiger charge is -2.36. The summed E-state index contributed by atoms with van der Waals surface area (Å²) >= 11 is 0. The van der Waals surface area contributed by atoms with Crippen LogP contribution < -0.4 is 9.80 Å². The van der Waals surface area contributed by atoms with Gasteiger partial charge >= 0.3 is 0 Å². The highest BCUT2D eigenvalue weighted by Gasteiger charge is 2.26. The molecule has 0 aromatic carbocycles. The van der Waals surface area contributed by atoms with Crippen LogP contribution in [-0.2, 0) is 0 Å². The number of piperazine rings is 1. The van der Waals surface area contributed by atoms with Crippen LogP contribution in [0.4, 0.5) is 11.6 Å². The van der Waals surface area contributed by atoms with E-state index in [1.54, 1.807) is 6.20 Å². The maximum Gasteiger partial charge on any atom is 0.157 e. The van der Waals surface area contributed by atoms with Gasteiger partial charge in [-0.2, -0.15) is 14.7 Å². The van der Waals surface area contributed by atoms with E-state index in [9.17, 15) is 0 Å². The quantitative estimate of drug-likeness (QED) is 0.730. The molecule has 3 aromatic rings. The molecule has 0 radical (unpaired) electrons. The molecule has 5 rings (SSSR count). The third-order valence-corrected chi connectivity index (χ3v) is 5.06. The van der Waals surface area contributed by atoms with Gasteiger partial charge in [0.25, 0.3) is 0 Å². The molecule has 1 aliphatic carbocycles. The fourth-order valence-corrected chi connectivity index (χ4v) is 3.51. The molecule has 1 aliphatic heterocycles. The molecule has 3 aromatic heterocycles. The Morgan fingerprint density at radius 1 is 0.960 bits per heavy atom. The van der Waals surface area contributed by atoms with Gasteiger partial charge in [0.1, 0.15) is 5.82 Å². The molecule has 0 unspecified atom stereocenters. The Morgan fingerprint density at radius 3 is 2.48 bits per heavy atom. The SMILES string of the molecule is Cc1cc(N2CCN(c3ccc(C4CC4)nn3)CC2)n2nccc2n1. The minimum atomic E-state index is 0.657. The van der Waals surface area contributed by atoms with Crippen molar-refractivity contribution in [2.45, 2.75) is 25.7 Å². The van der Waals surface area contributed by atoms with Crippen molar-refractivity contribution in [3.63, 3.8) is 0 Å². The fraction of sp³-hybridized carbons (Fsp3) is 0.444. The Labute approximate surface area is 146 Å². The lowest BCUT2D eigenvalue weighted by Crippen LogP contribution is -2.47. The zero-order valence-corrected chi connectivity index (χ0v) is 14.3. The summed E-state index contributed by atoms with van der Waals surface area (Å²) in [5.41, 5.74) is 3.07. The largest absolute Gasteiger partial charge is 0.353 e. The molecule has 25 heavy (non-hydrogen) atoms. The predicted octanol–water partition coefficient (Wildman–Crippen LogP) is 2.03. The first-order valence-corrected chi connectivity index (χ1v) is 8.93. The van der Waals surface area contributed by atoms with Crippen LogP contribution in [0.2, 0.25) is 0 Å². The number of hydrogen-bond acceptors (Lipinski definition) is 6. The van der Waals surface area contributed by atoms with Crippen LogP contribution in [0.15, 0.2) is 30.5 Å². The highest BCUT2D eigenvalue weighted by atomic mass is 15.4. The van der Waals surface area contributed by atoms with E-state index < -0.39 is 0 Å². The molecule has 7 nitrogen and oxygen atoms in total. The standard InChI is InChI=1S/C18H21N7/c1-13-12-18(25-16(20-13)6-7-19-25)24-10-8-23(9-11-24)17-5-4-15(21-22-17)14-2-3-14/h4-7,12,14H,2-3,8-11H2,1H3. The molecular weight excluding hydrogens is 314 g/mol. The first kappa shape index (κ1) is 14.6. The molecule has 0 spiro atoms. The third kappa shape index (κ3) is 2.69. The summed E-state index contributed by atoms with van der Waals surface area (Å²) in [7, 11) is 0. The summed E-state index contributed by atoms with van der Waals surface area (Å²) in [6.45, 7) is 5.77. The molecule has 0 atom stereocenters. The molecule has 2 fully saturated rings. The minimum Gasteiger partial charge on any atom is -0.353 e. The van der Waals surface area contributed by atoms with E-state index in [2.05, 4.69) is 48.3 Å². The van der Waals surface area contributed by atoms with Crippen molar-refractivity contribution < 1.29 is 0 Å². The molecule has 2 aliphatic rings. The van der Waals surface area contributed by atoms with Crippen molar-refractivity contribution in [2.75, 3.05) is 36.0 Å². The summed E-state index contributed by atoms with van der Waals surface area (Å²) in [6, 6.07) is 8.33. The van der Waals surface area contributed by atoms with Crippen molar-refractivity contribution in [2.24, 2.45) is 0 Å². The highest BCUT2D eigenvalue weighted by Crippen LogP contribution is 2.38. The van der Waals surface area contributed by atoms with Crippen LogP contribution in [-0.4, -0.2) is 51.0 Å². The Hall–Kier alpha value is -2.70. The summed E-state index contributed by atoms with van der Waals surface area (Å²) in [5.74, 6) is 2.76. The monoisotopic (exact) mass is 335 g/mol. The second-order valence-corrected chi connectivity index (χ2v) is 6.92. The molecule has 0 amide bonds. The van der Waals surface area contributed by atoms with Gasteiger partial charge in [0.05, 0.1) is 11.9 Å². The number of rotatable bonds is 3. The van der Waals surface area contributed by atoms with E-state index in [1.165, 1.54) is 12.8 Å². The molecule has 128 valence electrons. The Balaban J connectivity index is 1.32. The molecule has 4 heterocycles. The fourth-order valence-electron chi connectivity index (χ4n) is 3.51. The average molecular weight is 335 g/mol. The predicted molar refractivity (Wildman–Crippen MR) is 96.2 cm³/mol. The summed E-state index contributed by atoms with van der Waals surface area (Å²) in [4.78, 5) is 9.21. The first-order chi connectivity index (χ1) is 12.3. The number of aryl methyl sites for hydroxylation is 1. The topological polar surface area (TPSA) is 62.5 Å².